The van der Waals surface area contributed by atoms with Gasteiger partial charge >= 0.3 is 0 Å². The van der Waals surface area contributed by atoms with Crippen molar-refractivity contribution in [3.05, 3.63) is 29.0 Å². The number of nitrogens with zero attached hydrogens (tertiary/aromatic N) is 4. The maximum atomic E-state index is 11.9. The lowest BCUT2D eigenvalue weighted by molar-refractivity contribution is 0.0987. The maximum Gasteiger partial charge on any atom is 0.190 e. The minimum Gasteiger partial charge on any atom is -0.292 e. The third-order valence-electron chi connectivity index (χ3n) is 3.35. The smallest absolute Gasteiger partial charge is 0.190 e. The van der Waals surface area contributed by atoms with Crippen LogP contribution in [0.2, 0.25) is 0 Å². The molecule has 18 heavy (non-hydrogen) atoms. The van der Waals surface area contributed by atoms with Crippen LogP contribution in [0, 0.1) is 0 Å². The van der Waals surface area contributed by atoms with Gasteiger partial charge in [-0.25, -0.2) is 0 Å². The largest absolute Gasteiger partial charge is 0.292 e. The van der Waals surface area contributed by atoms with Crippen LogP contribution in [-0.4, -0.2) is 25.2 Å². The van der Waals surface area contributed by atoms with E-state index in [-0.39, 0.29) is 5.78 Å². The quantitative estimate of drug-likeness (QED) is 0.793. The van der Waals surface area contributed by atoms with Gasteiger partial charge in [-0.15, -0.1) is 5.10 Å². The number of Topliss-reactive ketones (excluding diaryl/α,β-unsaturated/α-hetero) is 1. The van der Waals surface area contributed by atoms with Crippen LogP contribution in [0.5, 0.6) is 0 Å². The van der Waals surface area contributed by atoms with E-state index in [4.69, 9.17) is 0 Å². The Morgan fingerprint density at radius 1 is 1.44 bits per heavy atom. The molecule has 0 spiro atoms. The molecule has 0 amide bonds. The van der Waals surface area contributed by atoms with Crippen molar-refractivity contribution >= 4 is 17.3 Å². The summed E-state index contributed by atoms with van der Waals surface area (Å²) in [5.74, 6) is -0.0135. The van der Waals surface area contributed by atoms with E-state index in [2.05, 4.69) is 14.7 Å². The van der Waals surface area contributed by atoms with Crippen molar-refractivity contribution in [1.82, 2.24) is 19.4 Å². The molecule has 2 aromatic heterocycles. The molecule has 2 heterocycles. The van der Waals surface area contributed by atoms with Crippen molar-refractivity contribution in [3.8, 4) is 0 Å². The van der Waals surface area contributed by atoms with Crippen molar-refractivity contribution in [1.29, 1.82) is 0 Å². The highest BCUT2D eigenvalue weighted by Gasteiger charge is 2.18. The van der Waals surface area contributed by atoms with E-state index in [1.165, 1.54) is 37.2 Å². The van der Waals surface area contributed by atoms with Crippen molar-refractivity contribution < 1.29 is 4.79 Å². The van der Waals surface area contributed by atoms with Gasteiger partial charge in [-0.1, -0.05) is 17.3 Å². The van der Waals surface area contributed by atoms with E-state index in [0.29, 0.717) is 18.2 Å². The number of hydrogen-bond acceptors (Lipinski definition) is 5. The van der Waals surface area contributed by atoms with Gasteiger partial charge in [0, 0.05) is 11.6 Å². The third kappa shape index (κ3) is 2.33. The molecule has 1 saturated carbocycles. The standard InChI is InChI=1S/C12H14N4OS/c17-12(11-8-18-15-13-11)7-9-5-6-16(14-9)10-3-1-2-4-10/h5-6,8,10H,1-4,7H2. The van der Waals surface area contributed by atoms with Crippen molar-refractivity contribution in [2.75, 3.05) is 0 Å². The number of carbonyl (C=O) groups excluding carboxylic acids is 1. The molecule has 0 unspecified atom stereocenters. The molecule has 0 aromatic carbocycles. The molecule has 1 aliphatic carbocycles. The fraction of sp³-hybridized carbons (Fsp3) is 0.500. The lowest BCUT2D eigenvalue weighted by Gasteiger charge is -2.08. The van der Waals surface area contributed by atoms with Gasteiger partial charge in [-0.2, -0.15) is 5.10 Å². The summed E-state index contributed by atoms with van der Waals surface area (Å²) in [5, 5.41) is 9.95. The molecule has 3 rings (SSSR count). The van der Waals surface area contributed by atoms with Crippen LogP contribution in [-0.2, 0) is 6.42 Å². The lowest BCUT2D eigenvalue weighted by atomic mass is 10.2. The van der Waals surface area contributed by atoms with Crippen LogP contribution in [0.4, 0.5) is 0 Å². The van der Waals surface area contributed by atoms with E-state index in [1.807, 2.05) is 16.9 Å². The maximum absolute atomic E-state index is 11.9. The van der Waals surface area contributed by atoms with Gasteiger partial charge in [0.15, 0.2) is 5.78 Å². The summed E-state index contributed by atoms with van der Waals surface area (Å²) >= 11 is 1.20. The first-order valence-electron chi connectivity index (χ1n) is 6.17. The Kier molecular flexibility index (Phi) is 3.19. The fourth-order valence-corrected chi connectivity index (χ4v) is 2.85. The first-order chi connectivity index (χ1) is 8.83. The summed E-state index contributed by atoms with van der Waals surface area (Å²) in [7, 11) is 0. The van der Waals surface area contributed by atoms with Gasteiger partial charge in [-0.3, -0.25) is 9.48 Å². The molecular formula is C12H14N4OS. The number of ketones is 1. The molecule has 0 bridgehead atoms. The van der Waals surface area contributed by atoms with E-state index in [0.717, 1.165) is 5.69 Å². The van der Waals surface area contributed by atoms with Crippen molar-refractivity contribution in [2.45, 2.75) is 38.1 Å². The Labute approximate surface area is 109 Å². The van der Waals surface area contributed by atoms with E-state index < -0.39 is 0 Å². The molecule has 2 aromatic rings. The first-order valence-corrected chi connectivity index (χ1v) is 7.01. The summed E-state index contributed by atoms with van der Waals surface area (Å²) in [6.45, 7) is 0. The van der Waals surface area contributed by atoms with Gasteiger partial charge in [0.2, 0.25) is 0 Å². The zero-order valence-electron chi connectivity index (χ0n) is 9.95. The predicted molar refractivity (Wildman–Crippen MR) is 67.7 cm³/mol. The van der Waals surface area contributed by atoms with Crippen LogP contribution in [0.25, 0.3) is 0 Å². The van der Waals surface area contributed by atoms with Gasteiger partial charge in [0.25, 0.3) is 0 Å². The molecular weight excluding hydrogens is 248 g/mol. The molecule has 0 atom stereocenters. The first kappa shape index (κ1) is 11.5. The Morgan fingerprint density at radius 3 is 3.00 bits per heavy atom. The summed E-state index contributed by atoms with van der Waals surface area (Å²) in [4.78, 5) is 11.9. The number of aromatic nitrogens is 4. The number of hydrogen-bond donors (Lipinski definition) is 0. The molecule has 5 nitrogen and oxygen atoms in total. The summed E-state index contributed by atoms with van der Waals surface area (Å²) in [5.41, 5.74) is 1.26. The Morgan fingerprint density at radius 2 is 2.28 bits per heavy atom. The van der Waals surface area contributed by atoms with E-state index in [1.54, 1.807) is 5.38 Å². The molecule has 0 saturated heterocycles. The van der Waals surface area contributed by atoms with Gasteiger partial charge in [0.1, 0.15) is 5.69 Å². The van der Waals surface area contributed by atoms with Crippen LogP contribution in [0.3, 0.4) is 0 Å². The molecule has 94 valence electrons. The topological polar surface area (TPSA) is 60.7 Å². The average Bonchev–Trinajstić information content (AvgIpc) is 3.12. The van der Waals surface area contributed by atoms with Crippen molar-refractivity contribution in [3.63, 3.8) is 0 Å². The summed E-state index contributed by atoms with van der Waals surface area (Å²) in [6, 6.07) is 2.45. The lowest BCUT2D eigenvalue weighted by Crippen LogP contribution is -2.08. The highest BCUT2D eigenvalue weighted by molar-refractivity contribution is 7.03. The highest BCUT2D eigenvalue weighted by Crippen LogP contribution is 2.28. The molecule has 0 N–H and O–H groups in total. The fourth-order valence-electron chi connectivity index (χ4n) is 2.39. The van der Waals surface area contributed by atoms with Crippen LogP contribution >= 0.6 is 11.5 Å². The Hall–Kier alpha value is -1.56. The normalized spacial score (nSPS) is 16.2. The SMILES string of the molecule is O=C(Cc1ccn(C2CCCC2)n1)c1csnn1. The number of rotatable bonds is 4. The molecule has 0 aliphatic heterocycles. The summed E-state index contributed by atoms with van der Waals surface area (Å²) < 4.78 is 5.71. The summed E-state index contributed by atoms with van der Waals surface area (Å²) in [6.07, 6.45) is 7.26. The van der Waals surface area contributed by atoms with Crippen LogP contribution < -0.4 is 0 Å². The highest BCUT2D eigenvalue weighted by atomic mass is 32.1. The van der Waals surface area contributed by atoms with Gasteiger partial charge < -0.3 is 0 Å². The molecule has 0 radical (unpaired) electrons. The van der Waals surface area contributed by atoms with Gasteiger partial charge in [-0.05, 0) is 30.4 Å². The van der Waals surface area contributed by atoms with E-state index in [9.17, 15) is 4.79 Å². The molecule has 6 heteroatoms. The second-order valence-corrected chi connectivity index (χ2v) is 5.23. The van der Waals surface area contributed by atoms with Gasteiger partial charge in [0.05, 0.1) is 18.2 Å². The minimum absolute atomic E-state index is 0.0135. The number of carbonyl (C=O) groups is 1. The zero-order chi connectivity index (χ0) is 12.4. The monoisotopic (exact) mass is 262 g/mol. The second-order valence-electron chi connectivity index (χ2n) is 4.62. The van der Waals surface area contributed by atoms with Crippen molar-refractivity contribution in [2.24, 2.45) is 0 Å². The Balaban J connectivity index is 1.68. The minimum atomic E-state index is -0.0135. The van der Waals surface area contributed by atoms with E-state index >= 15 is 0 Å². The third-order valence-corrected chi connectivity index (χ3v) is 3.85. The van der Waals surface area contributed by atoms with Crippen LogP contribution in [0.15, 0.2) is 17.6 Å². The molecule has 1 aliphatic rings. The van der Waals surface area contributed by atoms with Crippen LogP contribution in [0.1, 0.15) is 47.9 Å². The average molecular weight is 262 g/mol. The molecule has 1 fully saturated rings. The second kappa shape index (κ2) is 4.97. The Bertz CT molecular complexity index is 528. The predicted octanol–water partition coefficient (Wildman–Crippen LogP) is 2.28. The zero-order valence-corrected chi connectivity index (χ0v) is 10.8.